The number of amides is 2. The first kappa shape index (κ1) is 29.2. The highest BCUT2D eigenvalue weighted by Gasteiger charge is 2.74. The van der Waals surface area contributed by atoms with Crippen molar-refractivity contribution in [3.8, 4) is 11.3 Å². The second-order valence-corrected chi connectivity index (χ2v) is 11.4. The van der Waals surface area contributed by atoms with Gasteiger partial charge in [0.25, 0.3) is 5.91 Å². The van der Waals surface area contributed by atoms with E-state index in [0.29, 0.717) is 12.1 Å². The Hall–Kier alpha value is -3.77. The number of carbonyl (C=O) groups is 4. The molecule has 2 fully saturated rings. The quantitative estimate of drug-likeness (QED) is 0.398. The maximum absolute atomic E-state index is 13.6. The number of quaternary nitrogens is 1. The van der Waals surface area contributed by atoms with Gasteiger partial charge in [-0.25, -0.2) is 14.6 Å². The second-order valence-electron chi connectivity index (χ2n) is 11.4. The SMILES string of the molecule is CC(C)C[C@H](NC(=O)[C@@H](NC(=O)c1cccc(-c2ccccc2)n1)[C@@H](C)O)[B-]12OC(=O)[C@H](C)[N+]1(C)[C@@H](C)C(=O)O2. The summed E-state index contributed by atoms with van der Waals surface area (Å²) in [6.45, 7) is 5.91. The third-order valence-electron chi connectivity index (χ3n) is 8.36. The molecule has 2 saturated heterocycles. The number of nitrogens with zero attached hydrogens (tertiary/aromatic N) is 2. The standard InChI is InChI=1S/C28H37BN4O7/c1-16(2)15-23(29-33(6,17(3)27(37)39-29)18(4)28(38)40-29)31-26(36)24(19(5)34)32-25(35)22-14-10-13-21(30-22)20-11-8-7-9-12-20/h7-14,16-19,23-24,34H,15H2,1-6H3,(H,31,36)(H,32,35)/t17-,18-,19+,23-,24-,29?,33?/m0/s1. The Morgan fingerprint density at radius 2 is 1.57 bits per heavy atom. The summed E-state index contributed by atoms with van der Waals surface area (Å²) in [7, 11) is 1.73. The molecule has 3 N–H and O–H groups in total. The van der Waals surface area contributed by atoms with Crippen LogP contribution >= 0.6 is 0 Å². The number of carbonyl (C=O) groups excluding carboxylic acids is 4. The lowest BCUT2D eigenvalue weighted by atomic mass is 9.57. The number of aliphatic hydroxyl groups excluding tert-OH is 1. The maximum atomic E-state index is 13.6. The molecule has 2 aliphatic rings. The molecule has 2 aliphatic heterocycles. The van der Waals surface area contributed by atoms with E-state index in [1.807, 2.05) is 44.2 Å². The second kappa shape index (κ2) is 11.0. The van der Waals surface area contributed by atoms with Crippen LogP contribution in [0.1, 0.15) is 51.5 Å². The summed E-state index contributed by atoms with van der Waals surface area (Å²) in [6.07, 6.45) is -0.956. The van der Waals surface area contributed by atoms with E-state index in [2.05, 4.69) is 15.6 Å². The molecule has 0 bridgehead atoms. The summed E-state index contributed by atoms with van der Waals surface area (Å²) < 4.78 is 11.5. The highest BCUT2D eigenvalue weighted by atomic mass is 16.7. The summed E-state index contributed by atoms with van der Waals surface area (Å²) in [5, 5.41) is 16.0. The lowest BCUT2D eigenvalue weighted by Gasteiger charge is -2.49. The molecule has 0 radical (unpaired) electrons. The number of aromatic nitrogens is 1. The molecule has 0 spiro atoms. The first-order valence-electron chi connectivity index (χ1n) is 13.6. The lowest BCUT2D eigenvalue weighted by molar-refractivity contribution is -0.840. The molecule has 1 aromatic carbocycles. The van der Waals surface area contributed by atoms with Gasteiger partial charge in [0, 0.05) is 12.6 Å². The summed E-state index contributed by atoms with van der Waals surface area (Å²) >= 11 is 0. The molecule has 214 valence electrons. The molecule has 0 saturated carbocycles. The Morgan fingerprint density at radius 3 is 2.12 bits per heavy atom. The molecule has 0 unspecified atom stereocenters. The number of hydrogen-bond donors (Lipinski definition) is 3. The smallest absolute Gasteiger partial charge is 0.599 e. The predicted molar refractivity (Wildman–Crippen MR) is 147 cm³/mol. The van der Waals surface area contributed by atoms with Crippen molar-refractivity contribution in [3.63, 3.8) is 0 Å². The van der Waals surface area contributed by atoms with Crippen molar-refractivity contribution >= 4 is 30.4 Å². The van der Waals surface area contributed by atoms with Crippen LogP contribution in [0.3, 0.4) is 0 Å². The van der Waals surface area contributed by atoms with Crippen LogP contribution in [0, 0.1) is 5.92 Å². The van der Waals surface area contributed by atoms with E-state index in [9.17, 15) is 24.3 Å². The number of benzene rings is 1. The van der Waals surface area contributed by atoms with Crippen molar-refractivity contribution < 1.29 is 38.0 Å². The predicted octanol–water partition coefficient (Wildman–Crippen LogP) is 1.57. The molecule has 2 aromatic rings. The minimum atomic E-state index is -2.67. The third-order valence-corrected chi connectivity index (χ3v) is 8.36. The molecule has 3 heterocycles. The van der Waals surface area contributed by atoms with Crippen LogP contribution in [0.25, 0.3) is 11.3 Å². The zero-order valence-electron chi connectivity index (χ0n) is 23.7. The maximum Gasteiger partial charge on any atom is 0.605 e. The van der Waals surface area contributed by atoms with Gasteiger partial charge in [0.05, 0.1) is 17.7 Å². The van der Waals surface area contributed by atoms with Gasteiger partial charge in [-0.3, -0.25) is 9.59 Å². The van der Waals surface area contributed by atoms with Gasteiger partial charge in [-0.1, -0.05) is 50.2 Å². The van der Waals surface area contributed by atoms with Crippen LogP contribution in [-0.2, 0) is 23.7 Å². The van der Waals surface area contributed by atoms with Crippen molar-refractivity contribution in [1.82, 2.24) is 15.6 Å². The Balaban J connectivity index is 1.60. The summed E-state index contributed by atoms with van der Waals surface area (Å²) in [4.78, 5) is 56.8. The molecule has 2 amide bonds. The Kier molecular flexibility index (Phi) is 8.05. The van der Waals surface area contributed by atoms with Gasteiger partial charge < -0.3 is 29.4 Å². The van der Waals surface area contributed by atoms with Crippen molar-refractivity contribution in [1.29, 1.82) is 0 Å². The molecular formula is C28H37BN4O7. The number of aliphatic hydroxyl groups is 1. The van der Waals surface area contributed by atoms with Crippen molar-refractivity contribution in [3.05, 3.63) is 54.2 Å². The Morgan fingerprint density at radius 1 is 0.975 bits per heavy atom. The van der Waals surface area contributed by atoms with E-state index in [4.69, 9.17) is 9.31 Å². The molecule has 5 atom stereocenters. The van der Waals surface area contributed by atoms with Crippen molar-refractivity contribution in [2.75, 3.05) is 7.05 Å². The summed E-state index contributed by atoms with van der Waals surface area (Å²) in [5.41, 5.74) is 1.47. The van der Waals surface area contributed by atoms with Gasteiger partial charge in [0.15, 0.2) is 0 Å². The van der Waals surface area contributed by atoms with E-state index in [1.165, 1.54) is 13.0 Å². The van der Waals surface area contributed by atoms with Gasteiger partial charge in [-0.15, -0.1) is 0 Å². The molecule has 11 nitrogen and oxygen atoms in total. The normalized spacial score (nSPS) is 27.8. The molecular weight excluding hydrogens is 515 g/mol. The first-order valence-corrected chi connectivity index (χ1v) is 13.6. The number of likely N-dealkylation sites (N-methyl/N-ethyl adjacent to an activating group) is 1. The van der Waals surface area contributed by atoms with E-state index >= 15 is 0 Å². The summed E-state index contributed by atoms with van der Waals surface area (Å²) in [6, 6.07) is 11.6. The minimum Gasteiger partial charge on any atom is -0.599 e. The van der Waals surface area contributed by atoms with Crippen molar-refractivity contribution in [2.45, 2.75) is 71.2 Å². The van der Waals surface area contributed by atoms with Crippen LogP contribution in [0.2, 0.25) is 0 Å². The van der Waals surface area contributed by atoms with Gasteiger partial charge in [-0.2, -0.15) is 0 Å². The van der Waals surface area contributed by atoms with Gasteiger partial charge >= 0.3 is 18.6 Å². The Bertz CT molecular complexity index is 1280. The van der Waals surface area contributed by atoms with Crippen LogP contribution in [-0.4, -0.2) is 82.1 Å². The zero-order chi connectivity index (χ0) is 29.4. The van der Waals surface area contributed by atoms with Gasteiger partial charge in [0.2, 0.25) is 5.91 Å². The summed E-state index contributed by atoms with van der Waals surface area (Å²) in [5.74, 6) is -3.27. The van der Waals surface area contributed by atoms with Crippen molar-refractivity contribution in [2.24, 2.45) is 5.92 Å². The molecule has 0 aliphatic carbocycles. The third kappa shape index (κ3) is 4.97. The fourth-order valence-corrected chi connectivity index (χ4v) is 5.81. The number of fused-ring (bicyclic) bond motifs is 1. The lowest BCUT2D eigenvalue weighted by Crippen LogP contribution is -2.75. The topological polar surface area (TPSA) is 144 Å². The minimum absolute atomic E-state index is 0.0173. The molecule has 40 heavy (non-hydrogen) atoms. The average Bonchev–Trinajstić information content (AvgIpc) is 3.24. The fraction of sp³-hybridized carbons (Fsp3) is 0.464. The number of pyridine rings is 1. The Labute approximate surface area is 233 Å². The monoisotopic (exact) mass is 552 g/mol. The van der Waals surface area contributed by atoms with E-state index in [-0.39, 0.29) is 16.0 Å². The highest BCUT2D eigenvalue weighted by molar-refractivity contribution is 6.68. The fourth-order valence-electron chi connectivity index (χ4n) is 5.81. The van der Waals surface area contributed by atoms with Crippen LogP contribution < -0.4 is 10.6 Å². The van der Waals surface area contributed by atoms with E-state index in [1.54, 1.807) is 33.0 Å². The molecule has 1 aromatic heterocycles. The zero-order valence-corrected chi connectivity index (χ0v) is 23.7. The molecule has 4 rings (SSSR count). The highest BCUT2D eigenvalue weighted by Crippen LogP contribution is 2.44. The van der Waals surface area contributed by atoms with E-state index < -0.39 is 60.6 Å². The van der Waals surface area contributed by atoms with Crippen LogP contribution in [0.15, 0.2) is 48.5 Å². The largest absolute Gasteiger partial charge is 0.605 e. The van der Waals surface area contributed by atoms with Crippen LogP contribution in [0.4, 0.5) is 0 Å². The number of rotatable bonds is 9. The number of hydrogen-bond acceptors (Lipinski definition) is 8. The van der Waals surface area contributed by atoms with Crippen LogP contribution in [0.5, 0.6) is 0 Å². The average molecular weight is 552 g/mol. The number of nitrogens with one attached hydrogen (secondary N) is 2. The first-order chi connectivity index (χ1) is 18.8. The molecule has 12 heteroatoms. The van der Waals surface area contributed by atoms with E-state index in [0.717, 1.165) is 5.56 Å². The van der Waals surface area contributed by atoms with Gasteiger partial charge in [0.1, 0.15) is 23.8 Å². The van der Waals surface area contributed by atoms with Gasteiger partial charge in [-0.05, 0) is 45.2 Å².